The van der Waals surface area contributed by atoms with Crippen LogP contribution in [-0.4, -0.2) is 36.5 Å². The van der Waals surface area contributed by atoms with Gasteiger partial charge in [0.05, 0.1) is 24.5 Å². The van der Waals surface area contributed by atoms with Crippen LogP contribution in [0.4, 0.5) is 0 Å². The zero-order chi connectivity index (χ0) is 17.2. The van der Waals surface area contributed by atoms with Gasteiger partial charge in [0, 0.05) is 26.4 Å². The van der Waals surface area contributed by atoms with Crippen LogP contribution in [0.15, 0.2) is 40.8 Å². The predicted octanol–water partition coefficient (Wildman–Crippen LogP) is 1.87. The van der Waals surface area contributed by atoms with Crippen molar-refractivity contribution in [2.75, 3.05) is 6.54 Å². The smallest absolute Gasteiger partial charge is 0.230 e. The van der Waals surface area contributed by atoms with Gasteiger partial charge < -0.3 is 9.52 Å². The molecule has 7 nitrogen and oxygen atoms in total. The van der Waals surface area contributed by atoms with Crippen molar-refractivity contribution < 1.29 is 9.52 Å². The van der Waals surface area contributed by atoms with Crippen LogP contribution in [0.25, 0.3) is 0 Å². The van der Waals surface area contributed by atoms with Gasteiger partial charge in [-0.15, -0.1) is 10.2 Å². The third kappa shape index (κ3) is 3.62. The fourth-order valence-electron chi connectivity index (χ4n) is 3.18. The van der Waals surface area contributed by atoms with Gasteiger partial charge in [-0.3, -0.25) is 9.58 Å². The van der Waals surface area contributed by atoms with E-state index in [1.165, 1.54) is 0 Å². The molecule has 130 valence electrons. The highest BCUT2D eigenvalue weighted by atomic mass is 16.4. The van der Waals surface area contributed by atoms with Crippen molar-refractivity contribution in [3.8, 4) is 0 Å². The quantitative estimate of drug-likeness (QED) is 0.764. The number of aromatic nitrogens is 4. The van der Waals surface area contributed by atoms with E-state index in [0.717, 1.165) is 36.6 Å². The number of nitrogens with zero attached hydrogens (tertiary/aromatic N) is 5. The van der Waals surface area contributed by atoms with Gasteiger partial charge in [-0.25, -0.2) is 0 Å². The van der Waals surface area contributed by atoms with Crippen LogP contribution < -0.4 is 0 Å². The summed E-state index contributed by atoms with van der Waals surface area (Å²) < 4.78 is 7.44. The minimum absolute atomic E-state index is 0.572. The number of fused-ring (bicyclic) bond motifs is 1. The Morgan fingerprint density at radius 1 is 1.20 bits per heavy atom. The molecule has 0 saturated heterocycles. The molecule has 25 heavy (non-hydrogen) atoms. The van der Waals surface area contributed by atoms with Crippen LogP contribution in [0.5, 0.6) is 0 Å². The summed E-state index contributed by atoms with van der Waals surface area (Å²) in [5.74, 6) is 1.22. The topological polar surface area (TPSA) is 80.2 Å². The Balaban J connectivity index is 1.43. The standard InChI is InChI=1S/C18H21N5O2/c1-13-19-20-18(25-13)12-22-7-8-23-15(11-22)10-16(21-23)17(24)9-14-5-3-2-4-6-14/h2-6,10,17,24H,7-9,11-12H2,1H3/t17-/m0/s1. The second-order valence-corrected chi connectivity index (χ2v) is 6.41. The second-order valence-electron chi connectivity index (χ2n) is 6.41. The van der Waals surface area contributed by atoms with E-state index in [9.17, 15) is 5.11 Å². The van der Waals surface area contributed by atoms with E-state index >= 15 is 0 Å². The van der Waals surface area contributed by atoms with E-state index in [-0.39, 0.29) is 0 Å². The first-order chi connectivity index (χ1) is 12.2. The molecular weight excluding hydrogens is 318 g/mol. The van der Waals surface area contributed by atoms with Crippen molar-refractivity contribution in [3.63, 3.8) is 0 Å². The largest absolute Gasteiger partial charge is 0.424 e. The predicted molar refractivity (Wildman–Crippen MR) is 90.5 cm³/mol. The molecule has 1 aliphatic rings. The molecule has 1 aromatic carbocycles. The van der Waals surface area contributed by atoms with Gasteiger partial charge in [0.2, 0.25) is 11.8 Å². The van der Waals surface area contributed by atoms with Crippen LogP contribution in [0.3, 0.4) is 0 Å². The average molecular weight is 339 g/mol. The van der Waals surface area contributed by atoms with E-state index in [4.69, 9.17) is 4.42 Å². The lowest BCUT2D eigenvalue weighted by molar-refractivity contribution is 0.169. The van der Waals surface area contributed by atoms with Gasteiger partial charge in [-0.2, -0.15) is 5.10 Å². The lowest BCUT2D eigenvalue weighted by Gasteiger charge is -2.25. The van der Waals surface area contributed by atoms with Gasteiger partial charge in [-0.1, -0.05) is 30.3 Å². The van der Waals surface area contributed by atoms with Crippen molar-refractivity contribution in [1.82, 2.24) is 24.9 Å². The molecule has 0 radical (unpaired) electrons. The molecule has 2 aromatic heterocycles. The van der Waals surface area contributed by atoms with E-state index in [2.05, 4.69) is 20.2 Å². The number of aliphatic hydroxyl groups is 1. The average Bonchev–Trinajstić information content (AvgIpc) is 3.21. The van der Waals surface area contributed by atoms with Crippen LogP contribution in [0.1, 0.15) is 34.8 Å². The van der Waals surface area contributed by atoms with Gasteiger partial charge >= 0.3 is 0 Å². The summed E-state index contributed by atoms with van der Waals surface area (Å²) in [5, 5.41) is 23.0. The Morgan fingerprint density at radius 2 is 2.04 bits per heavy atom. The molecular formula is C18H21N5O2. The zero-order valence-corrected chi connectivity index (χ0v) is 14.2. The summed E-state index contributed by atoms with van der Waals surface area (Å²) in [5.41, 5.74) is 2.94. The monoisotopic (exact) mass is 339 g/mol. The SMILES string of the molecule is Cc1nnc(CN2CCn3nc([C@@H](O)Cc4ccccc4)cc3C2)o1. The first-order valence-electron chi connectivity index (χ1n) is 8.47. The molecule has 0 saturated carbocycles. The maximum atomic E-state index is 10.5. The fraction of sp³-hybridized carbons (Fsp3) is 0.389. The number of rotatable bonds is 5. The number of hydrogen-bond donors (Lipinski definition) is 1. The first-order valence-corrected chi connectivity index (χ1v) is 8.47. The highest BCUT2D eigenvalue weighted by Crippen LogP contribution is 2.22. The summed E-state index contributed by atoms with van der Waals surface area (Å²) in [6.45, 7) is 4.84. The Bertz CT molecular complexity index is 842. The molecule has 1 atom stereocenters. The molecule has 0 aliphatic carbocycles. The molecule has 0 bridgehead atoms. The summed E-state index contributed by atoms with van der Waals surface area (Å²) in [6, 6.07) is 12.0. The molecule has 3 aromatic rings. The van der Waals surface area contributed by atoms with Gasteiger partial charge in [-0.05, 0) is 11.6 Å². The maximum absolute atomic E-state index is 10.5. The number of benzene rings is 1. The third-order valence-corrected chi connectivity index (χ3v) is 4.44. The highest BCUT2D eigenvalue weighted by molar-refractivity contribution is 5.20. The molecule has 7 heteroatoms. The van der Waals surface area contributed by atoms with Gasteiger partial charge in [0.25, 0.3) is 0 Å². The molecule has 0 spiro atoms. The van der Waals surface area contributed by atoms with E-state index in [0.29, 0.717) is 24.7 Å². The number of aliphatic hydroxyl groups excluding tert-OH is 1. The van der Waals surface area contributed by atoms with Crippen molar-refractivity contribution >= 4 is 0 Å². The van der Waals surface area contributed by atoms with Crippen LogP contribution in [-0.2, 0) is 26.1 Å². The summed E-state index contributed by atoms with van der Waals surface area (Å²) in [7, 11) is 0. The third-order valence-electron chi connectivity index (χ3n) is 4.44. The maximum Gasteiger partial charge on any atom is 0.230 e. The van der Waals surface area contributed by atoms with Gasteiger partial charge in [0.1, 0.15) is 6.10 Å². The lowest BCUT2D eigenvalue weighted by atomic mass is 10.1. The van der Waals surface area contributed by atoms with E-state index in [1.54, 1.807) is 6.92 Å². The minimum Gasteiger partial charge on any atom is -0.424 e. The summed E-state index contributed by atoms with van der Waals surface area (Å²) in [4.78, 5) is 2.25. The lowest BCUT2D eigenvalue weighted by Crippen LogP contribution is -2.33. The Hall–Kier alpha value is -2.51. The Labute approximate surface area is 145 Å². The minimum atomic E-state index is -0.590. The normalized spacial score (nSPS) is 15.9. The van der Waals surface area contributed by atoms with Crippen molar-refractivity contribution in [3.05, 3.63) is 65.1 Å². The van der Waals surface area contributed by atoms with Gasteiger partial charge in [0.15, 0.2) is 0 Å². The molecule has 0 amide bonds. The van der Waals surface area contributed by atoms with Crippen molar-refractivity contribution in [1.29, 1.82) is 0 Å². The van der Waals surface area contributed by atoms with Crippen molar-refractivity contribution in [2.24, 2.45) is 0 Å². The molecule has 0 fully saturated rings. The van der Waals surface area contributed by atoms with E-state index in [1.807, 2.05) is 41.1 Å². The number of hydrogen-bond acceptors (Lipinski definition) is 6. The highest BCUT2D eigenvalue weighted by Gasteiger charge is 2.22. The zero-order valence-electron chi connectivity index (χ0n) is 14.2. The molecule has 1 N–H and O–H groups in total. The fourth-order valence-corrected chi connectivity index (χ4v) is 3.18. The summed E-state index contributed by atoms with van der Waals surface area (Å²) in [6.07, 6.45) is -0.0185. The van der Waals surface area contributed by atoms with Crippen LogP contribution in [0.2, 0.25) is 0 Å². The van der Waals surface area contributed by atoms with Crippen LogP contribution >= 0.6 is 0 Å². The van der Waals surface area contributed by atoms with E-state index < -0.39 is 6.10 Å². The molecule has 3 heterocycles. The molecule has 1 aliphatic heterocycles. The summed E-state index contributed by atoms with van der Waals surface area (Å²) >= 11 is 0. The Kier molecular flexibility index (Phi) is 4.33. The number of aryl methyl sites for hydroxylation is 1. The molecule has 4 rings (SSSR count). The van der Waals surface area contributed by atoms with Crippen molar-refractivity contribution in [2.45, 2.75) is 39.1 Å². The van der Waals surface area contributed by atoms with Crippen LogP contribution in [0, 0.1) is 6.92 Å². The molecule has 0 unspecified atom stereocenters. The first kappa shape index (κ1) is 16.0. The Morgan fingerprint density at radius 3 is 2.80 bits per heavy atom. The second kappa shape index (κ2) is 6.78.